The van der Waals surface area contributed by atoms with Crippen LogP contribution in [0.25, 0.3) is 0 Å². The summed E-state index contributed by atoms with van der Waals surface area (Å²) in [7, 11) is 0. The Morgan fingerprint density at radius 2 is 2.19 bits per heavy atom. The molecule has 1 atom stereocenters. The van der Waals surface area contributed by atoms with E-state index in [0.29, 0.717) is 22.9 Å². The van der Waals surface area contributed by atoms with Crippen molar-refractivity contribution in [2.45, 2.75) is 45.5 Å². The molecule has 118 valence electrons. The highest BCUT2D eigenvalue weighted by Crippen LogP contribution is 2.25. The zero-order valence-corrected chi connectivity index (χ0v) is 13.9. The smallest absolute Gasteiger partial charge is 0.326 e. The number of aryl methyl sites for hydroxylation is 2. The summed E-state index contributed by atoms with van der Waals surface area (Å²) in [5.41, 5.74) is 1.75. The van der Waals surface area contributed by atoms with Crippen LogP contribution in [0.15, 0.2) is 0 Å². The van der Waals surface area contributed by atoms with E-state index in [9.17, 15) is 9.59 Å². The van der Waals surface area contributed by atoms with Gasteiger partial charge in [0.2, 0.25) is 5.91 Å². The molecule has 1 aromatic heterocycles. The van der Waals surface area contributed by atoms with Crippen LogP contribution in [0.4, 0.5) is 0 Å². The van der Waals surface area contributed by atoms with Crippen molar-refractivity contribution in [3.05, 3.63) is 16.4 Å². The third-order valence-electron chi connectivity index (χ3n) is 2.92. The van der Waals surface area contributed by atoms with E-state index in [1.807, 2.05) is 18.5 Å². The number of thioether (sulfide) groups is 1. The second-order valence-corrected chi connectivity index (χ2v) is 6.08. The largest absolute Gasteiger partial charge is 0.480 e. The average Bonchev–Trinajstić information content (AvgIpc) is 2.68. The normalized spacial score (nSPS) is 12.2. The lowest BCUT2D eigenvalue weighted by Gasteiger charge is -2.12. The number of amides is 1. The van der Waals surface area contributed by atoms with Gasteiger partial charge < -0.3 is 10.4 Å². The summed E-state index contributed by atoms with van der Waals surface area (Å²) < 4.78 is 1.85. The monoisotopic (exact) mass is 333 g/mol. The first kappa shape index (κ1) is 17.8. The number of carbonyl (C=O) groups is 2. The lowest BCUT2D eigenvalue weighted by Crippen LogP contribution is -2.39. The van der Waals surface area contributed by atoms with Crippen LogP contribution < -0.4 is 5.32 Å². The maximum Gasteiger partial charge on any atom is 0.326 e. The van der Waals surface area contributed by atoms with E-state index in [4.69, 9.17) is 16.7 Å². The third-order valence-corrected chi connectivity index (χ3v) is 4.41. The first-order valence-corrected chi connectivity index (χ1v) is 8.19. The number of rotatable bonds is 8. The first-order chi connectivity index (χ1) is 9.86. The van der Waals surface area contributed by atoms with Crippen molar-refractivity contribution in [1.82, 2.24) is 15.1 Å². The van der Waals surface area contributed by atoms with Crippen molar-refractivity contribution in [3.63, 3.8) is 0 Å². The Morgan fingerprint density at radius 1 is 1.52 bits per heavy atom. The SMILES string of the molecule is CCn1nc(C)c(Cl)c1CSCCC(NC(C)=O)C(=O)O. The van der Waals surface area contributed by atoms with Crippen LogP contribution in [0.3, 0.4) is 0 Å². The Hall–Kier alpha value is -1.21. The van der Waals surface area contributed by atoms with Crippen LogP contribution >= 0.6 is 23.4 Å². The van der Waals surface area contributed by atoms with E-state index in [1.165, 1.54) is 6.92 Å². The Labute approximate surface area is 133 Å². The lowest BCUT2D eigenvalue weighted by atomic mass is 10.2. The maximum atomic E-state index is 11.0. The summed E-state index contributed by atoms with van der Waals surface area (Å²) in [4.78, 5) is 21.9. The van der Waals surface area contributed by atoms with Gasteiger partial charge in [0.05, 0.1) is 16.4 Å². The molecule has 1 unspecified atom stereocenters. The van der Waals surface area contributed by atoms with E-state index in [1.54, 1.807) is 11.8 Å². The molecule has 0 aliphatic heterocycles. The summed E-state index contributed by atoms with van der Waals surface area (Å²) in [6.07, 6.45) is 0.371. The molecule has 0 saturated heterocycles. The fourth-order valence-electron chi connectivity index (χ4n) is 1.88. The molecule has 0 aromatic carbocycles. The number of nitrogens with one attached hydrogen (secondary N) is 1. The molecule has 0 fully saturated rings. The van der Waals surface area contributed by atoms with Gasteiger partial charge in [-0.2, -0.15) is 16.9 Å². The standard InChI is InChI=1S/C13H20ClN3O3S/c1-4-17-11(12(14)8(2)16-17)7-21-6-5-10(13(19)20)15-9(3)18/h10H,4-7H2,1-3H3,(H,15,18)(H,19,20). The van der Waals surface area contributed by atoms with Crippen molar-refractivity contribution >= 4 is 35.2 Å². The molecule has 21 heavy (non-hydrogen) atoms. The fourth-order valence-corrected chi connectivity index (χ4v) is 3.19. The van der Waals surface area contributed by atoms with Crippen molar-refractivity contribution in [3.8, 4) is 0 Å². The van der Waals surface area contributed by atoms with E-state index in [0.717, 1.165) is 17.9 Å². The molecule has 1 aromatic rings. The lowest BCUT2D eigenvalue weighted by molar-refractivity contribution is -0.141. The van der Waals surface area contributed by atoms with Crippen LogP contribution in [-0.2, 0) is 21.9 Å². The molecule has 6 nitrogen and oxygen atoms in total. The number of carboxylic acids is 1. The van der Waals surface area contributed by atoms with Gasteiger partial charge in [0, 0.05) is 19.2 Å². The molecular weight excluding hydrogens is 314 g/mol. The average molecular weight is 334 g/mol. The molecule has 0 aliphatic carbocycles. The molecule has 2 N–H and O–H groups in total. The van der Waals surface area contributed by atoms with Crippen molar-refractivity contribution in [2.24, 2.45) is 0 Å². The minimum atomic E-state index is -1.02. The van der Waals surface area contributed by atoms with Crippen LogP contribution in [0.5, 0.6) is 0 Å². The molecule has 0 bridgehead atoms. The van der Waals surface area contributed by atoms with Crippen LogP contribution in [0.2, 0.25) is 5.02 Å². The molecule has 0 spiro atoms. The molecule has 0 radical (unpaired) electrons. The van der Waals surface area contributed by atoms with Crippen molar-refractivity contribution < 1.29 is 14.7 Å². The Kier molecular flexibility index (Phi) is 7.04. The van der Waals surface area contributed by atoms with E-state index >= 15 is 0 Å². The summed E-state index contributed by atoms with van der Waals surface area (Å²) in [6, 6.07) is -0.844. The molecule has 8 heteroatoms. The predicted octanol–water partition coefficient (Wildman–Crippen LogP) is 2.08. The van der Waals surface area contributed by atoms with Gasteiger partial charge in [0.25, 0.3) is 0 Å². The summed E-state index contributed by atoms with van der Waals surface area (Å²) in [5, 5.41) is 16.4. The van der Waals surface area contributed by atoms with Crippen LogP contribution in [-0.4, -0.2) is 38.6 Å². The van der Waals surface area contributed by atoms with Crippen LogP contribution in [0.1, 0.15) is 31.7 Å². The number of hydrogen-bond acceptors (Lipinski definition) is 4. The van der Waals surface area contributed by atoms with E-state index in [2.05, 4.69) is 10.4 Å². The topological polar surface area (TPSA) is 84.2 Å². The van der Waals surface area contributed by atoms with E-state index in [-0.39, 0.29) is 5.91 Å². The molecule has 1 heterocycles. The number of carbonyl (C=O) groups excluding carboxylic acids is 1. The fraction of sp³-hybridized carbons (Fsp3) is 0.615. The highest BCUT2D eigenvalue weighted by molar-refractivity contribution is 7.98. The molecule has 0 aliphatic rings. The number of aliphatic carboxylic acids is 1. The van der Waals surface area contributed by atoms with Gasteiger partial charge in [-0.3, -0.25) is 9.48 Å². The quantitative estimate of drug-likeness (QED) is 0.711. The number of hydrogen-bond donors (Lipinski definition) is 2. The maximum absolute atomic E-state index is 11.0. The second-order valence-electron chi connectivity index (χ2n) is 4.59. The molecule has 1 amide bonds. The zero-order valence-electron chi connectivity index (χ0n) is 12.4. The van der Waals surface area contributed by atoms with E-state index < -0.39 is 12.0 Å². The summed E-state index contributed by atoms with van der Waals surface area (Å²) in [5.74, 6) is -0.0741. The van der Waals surface area contributed by atoms with Gasteiger partial charge in [-0.15, -0.1) is 0 Å². The minimum absolute atomic E-state index is 0.338. The first-order valence-electron chi connectivity index (χ1n) is 6.66. The van der Waals surface area contributed by atoms with Gasteiger partial charge in [0.15, 0.2) is 0 Å². The minimum Gasteiger partial charge on any atom is -0.480 e. The van der Waals surface area contributed by atoms with Crippen LogP contribution in [0, 0.1) is 6.92 Å². The van der Waals surface area contributed by atoms with Gasteiger partial charge in [0.1, 0.15) is 6.04 Å². The Balaban J connectivity index is 2.50. The number of carboxylic acid groups (broad SMARTS) is 1. The third kappa shape index (κ3) is 5.24. The zero-order chi connectivity index (χ0) is 16.0. The predicted molar refractivity (Wildman–Crippen MR) is 83.7 cm³/mol. The molecule has 0 saturated carbocycles. The van der Waals surface area contributed by atoms with Crippen molar-refractivity contribution in [1.29, 1.82) is 0 Å². The Bertz CT molecular complexity index is 519. The molecule has 1 rings (SSSR count). The van der Waals surface area contributed by atoms with Gasteiger partial charge in [-0.1, -0.05) is 11.6 Å². The Morgan fingerprint density at radius 3 is 2.71 bits per heavy atom. The molecular formula is C13H20ClN3O3S. The highest BCUT2D eigenvalue weighted by Gasteiger charge is 2.18. The summed E-state index contributed by atoms with van der Waals surface area (Å²) >= 11 is 7.78. The number of halogens is 1. The van der Waals surface area contributed by atoms with Gasteiger partial charge >= 0.3 is 5.97 Å². The number of nitrogens with zero attached hydrogens (tertiary/aromatic N) is 2. The van der Waals surface area contributed by atoms with Gasteiger partial charge in [-0.25, -0.2) is 4.79 Å². The second kappa shape index (κ2) is 8.29. The van der Waals surface area contributed by atoms with Crippen molar-refractivity contribution in [2.75, 3.05) is 5.75 Å². The van der Waals surface area contributed by atoms with Gasteiger partial charge in [-0.05, 0) is 26.0 Å². The summed E-state index contributed by atoms with van der Waals surface area (Å²) in [6.45, 7) is 5.91. The highest BCUT2D eigenvalue weighted by atomic mass is 35.5. The number of aromatic nitrogens is 2.